The number of imidazole rings is 1. The third-order valence-electron chi connectivity index (χ3n) is 2.88. The van der Waals surface area contributed by atoms with Crippen LogP contribution in [0.5, 0.6) is 0 Å². The second-order valence-corrected chi connectivity index (χ2v) is 3.93. The number of nitrogens with zero attached hydrogens (tertiary/aromatic N) is 2. The van der Waals surface area contributed by atoms with Crippen molar-refractivity contribution in [2.45, 2.75) is 19.5 Å². The Morgan fingerprint density at radius 2 is 2.19 bits per heavy atom. The molecule has 0 amide bonds. The summed E-state index contributed by atoms with van der Waals surface area (Å²) in [6.07, 6.45) is 0. The van der Waals surface area contributed by atoms with Crippen molar-refractivity contribution in [1.29, 1.82) is 0 Å². The van der Waals surface area contributed by atoms with E-state index in [0.717, 1.165) is 23.4 Å². The van der Waals surface area contributed by atoms with Gasteiger partial charge in [0.15, 0.2) is 0 Å². The SMILES string of the molecule is CNC(CO)Cn1c(C)nc2ccccc21. The Kier molecular flexibility index (Phi) is 3.22. The number of aromatic nitrogens is 2. The van der Waals surface area contributed by atoms with Crippen LogP contribution in [-0.4, -0.2) is 34.4 Å². The summed E-state index contributed by atoms with van der Waals surface area (Å²) in [6.45, 7) is 2.85. The molecule has 86 valence electrons. The summed E-state index contributed by atoms with van der Waals surface area (Å²) in [5.41, 5.74) is 2.13. The molecule has 0 aliphatic rings. The van der Waals surface area contributed by atoms with E-state index in [4.69, 9.17) is 0 Å². The predicted octanol–water partition coefficient (Wildman–Crippen LogP) is 0.925. The Morgan fingerprint density at radius 1 is 1.44 bits per heavy atom. The first-order valence-corrected chi connectivity index (χ1v) is 5.46. The largest absolute Gasteiger partial charge is 0.395 e. The summed E-state index contributed by atoms with van der Waals surface area (Å²) in [5, 5.41) is 12.3. The number of aliphatic hydroxyl groups excluding tert-OH is 1. The van der Waals surface area contributed by atoms with Gasteiger partial charge in [-0.1, -0.05) is 12.1 Å². The van der Waals surface area contributed by atoms with Gasteiger partial charge in [-0.3, -0.25) is 0 Å². The summed E-state index contributed by atoms with van der Waals surface area (Å²) in [5.74, 6) is 0.981. The molecule has 0 aliphatic heterocycles. The molecule has 1 heterocycles. The average Bonchev–Trinajstić information content (AvgIpc) is 2.62. The molecule has 1 aromatic carbocycles. The molecule has 2 aromatic rings. The Bertz CT molecular complexity index is 474. The van der Waals surface area contributed by atoms with Crippen LogP contribution < -0.4 is 5.32 Å². The van der Waals surface area contributed by atoms with Gasteiger partial charge in [0.25, 0.3) is 0 Å². The Labute approximate surface area is 94.9 Å². The van der Waals surface area contributed by atoms with E-state index in [-0.39, 0.29) is 12.6 Å². The van der Waals surface area contributed by atoms with Crippen molar-refractivity contribution in [3.8, 4) is 0 Å². The van der Waals surface area contributed by atoms with Crippen molar-refractivity contribution in [3.05, 3.63) is 30.1 Å². The quantitative estimate of drug-likeness (QED) is 0.804. The van der Waals surface area contributed by atoms with Gasteiger partial charge in [0.05, 0.1) is 17.6 Å². The van der Waals surface area contributed by atoms with E-state index in [9.17, 15) is 5.11 Å². The van der Waals surface area contributed by atoms with E-state index in [1.54, 1.807) is 0 Å². The van der Waals surface area contributed by atoms with Gasteiger partial charge in [-0.2, -0.15) is 0 Å². The van der Waals surface area contributed by atoms with Crippen LogP contribution in [0.1, 0.15) is 5.82 Å². The monoisotopic (exact) mass is 219 g/mol. The number of hydrogen-bond donors (Lipinski definition) is 2. The smallest absolute Gasteiger partial charge is 0.106 e. The van der Waals surface area contributed by atoms with Gasteiger partial charge < -0.3 is 15.0 Å². The number of para-hydroxylation sites is 2. The topological polar surface area (TPSA) is 50.1 Å². The summed E-state index contributed by atoms with van der Waals surface area (Å²) in [6, 6.07) is 8.12. The Hall–Kier alpha value is -1.39. The molecule has 2 rings (SSSR count). The zero-order valence-corrected chi connectivity index (χ0v) is 9.64. The lowest BCUT2D eigenvalue weighted by molar-refractivity contribution is 0.236. The second-order valence-electron chi connectivity index (χ2n) is 3.93. The molecule has 1 aromatic heterocycles. The van der Waals surface area contributed by atoms with Crippen molar-refractivity contribution >= 4 is 11.0 Å². The minimum Gasteiger partial charge on any atom is -0.395 e. The van der Waals surface area contributed by atoms with Crippen LogP contribution in [0.25, 0.3) is 11.0 Å². The second kappa shape index (κ2) is 4.63. The molecule has 1 unspecified atom stereocenters. The minimum absolute atomic E-state index is 0.0660. The number of aliphatic hydroxyl groups is 1. The van der Waals surface area contributed by atoms with E-state index < -0.39 is 0 Å². The third kappa shape index (κ3) is 1.94. The molecule has 0 spiro atoms. The van der Waals surface area contributed by atoms with E-state index >= 15 is 0 Å². The molecule has 0 saturated heterocycles. The number of benzene rings is 1. The first kappa shape index (κ1) is 11.1. The Morgan fingerprint density at radius 3 is 2.88 bits per heavy atom. The lowest BCUT2D eigenvalue weighted by Gasteiger charge is -2.15. The van der Waals surface area contributed by atoms with Crippen molar-refractivity contribution in [1.82, 2.24) is 14.9 Å². The molecule has 2 N–H and O–H groups in total. The van der Waals surface area contributed by atoms with Crippen LogP contribution in [0.2, 0.25) is 0 Å². The molecule has 0 saturated carbocycles. The number of rotatable bonds is 4. The van der Waals surface area contributed by atoms with Gasteiger partial charge in [-0.25, -0.2) is 4.98 Å². The summed E-state index contributed by atoms with van der Waals surface area (Å²) >= 11 is 0. The fraction of sp³-hybridized carbons (Fsp3) is 0.417. The number of nitrogens with one attached hydrogen (secondary N) is 1. The highest BCUT2D eigenvalue weighted by atomic mass is 16.3. The van der Waals surface area contributed by atoms with Gasteiger partial charge >= 0.3 is 0 Å². The van der Waals surface area contributed by atoms with Crippen molar-refractivity contribution in [3.63, 3.8) is 0 Å². The lowest BCUT2D eigenvalue weighted by Crippen LogP contribution is -2.33. The maximum atomic E-state index is 9.19. The fourth-order valence-electron chi connectivity index (χ4n) is 1.89. The Balaban J connectivity index is 2.39. The highest BCUT2D eigenvalue weighted by Gasteiger charge is 2.11. The van der Waals surface area contributed by atoms with Gasteiger partial charge in [0, 0.05) is 12.6 Å². The number of aryl methyl sites for hydroxylation is 1. The van der Waals surface area contributed by atoms with E-state index in [1.807, 2.05) is 32.2 Å². The summed E-state index contributed by atoms with van der Waals surface area (Å²) < 4.78 is 2.13. The van der Waals surface area contributed by atoms with Crippen molar-refractivity contribution < 1.29 is 5.11 Å². The van der Waals surface area contributed by atoms with Crippen LogP contribution in [0.15, 0.2) is 24.3 Å². The molecule has 0 fully saturated rings. The molecule has 0 aliphatic carbocycles. The van der Waals surface area contributed by atoms with Crippen molar-refractivity contribution in [2.75, 3.05) is 13.7 Å². The minimum atomic E-state index is 0.0660. The zero-order chi connectivity index (χ0) is 11.5. The molecule has 1 atom stereocenters. The first-order valence-electron chi connectivity index (χ1n) is 5.46. The molecule has 0 radical (unpaired) electrons. The molecular weight excluding hydrogens is 202 g/mol. The van der Waals surface area contributed by atoms with Crippen LogP contribution in [-0.2, 0) is 6.54 Å². The predicted molar refractivity (Wildman–Crippen MR) is 64.4 cm³/mol. The molecule has 16 heavy (non-hydrogen) atoms. The molecule has 4 heteroatoms. The molecule has 0 bridgehead atoms. The number of likely N-dealkylation sites (N-methyl/N-ethyl adjacent to an activating group) is 1. The molecule has 4 nitrogen and oxygen atoms in total. The maximum absolute atomic E-state index is 9.19. The van der Waals surface area contributed by atoms with Crippen molar-refractivity contribution in [2.24, 2.45) is 0 Å². The van der Waals surface area contributed by atoms with E-state index in [1.165, 1.54) is 0 Å². The van der Waals surface area contributed by atoms with Crippen LogP contribution >= 0.6 is 0 Å². The number of fused-ring (bicyclic) bond motifs is 1. The van der Waals surface area contributed by atoms with Gasteiger partial charge in [-0.15, -0.1) is 0 Å². The normalized spacial score (nSPS) is 13.2. The van der Waals surface area contributed by atoms with Gasteiger partial charge in [0.1, 0.15) is 5.82 Å². The third-order valence-corrected chi connectivity index (χ3v) is 2.88. The van der Waals surface area contributed by atoms with Crippen LogP contribution in [0.3, 0.4) is 0 Å². The highest BCUT2D eigenvalue weighted by molar-refractivity contribution is 5.75. The van der Waals surface area contributed by atoms with E-state index in [0.29, 0.717) is 0 Å². The standard InChI is InChI=1S/C12H17N3O/c1-9-14-11-5-3-4-6-12(11)15(9)7-10(8-16)13-2/h3-6,10,13,16H,7-8H2,1-2H3. The van der Waals surface area contributed by atoms with E-state index in [2.05, 4.69) is 20.9 Å². The van der Waals surface area contributed by atoms with Crippen LogP contribution in [0, 0.1) is 6.92 Å². The van der Waals surface area contributed by atoms with Gasteiger partial charge in [0.2, 0.25) is 0 Å². The maximum Gasteiger partial charge on any atom is 0.106 e. The number of hydrogen-bond acceptors (Lipinski definition) is 3. The lowest BCUT2D eigenvalue weighted by atomic mass is 10.3. The highest BCUT2D eigenvalue weighted by Crippen LogP contribution is 2.15. The van der Waals surface area contributed by atoms with Gasteiger partial charge in [-0.05, 0) is 26.1 Å². The van der Waals surface area contributed by atoms with Crippen LogP contribution in [0.4, 0.5) is 0 Å². The summed E-state index contributed by atoms with van der Waals surface area (Å²) in [4.78, 5) is 4.49. The summed E-state index contributed by atoms with van der Waals surface area (Å²) in [7, 11) is 1.86. The average molecular weight is 219 g/mol. The zero-order valence-electron chi connectivity index (χ0n) is 9.64. The first-order chi connectivity index (χ1) is 7.76. The molecular formula is C12H17N3O. The fourth-order valence-corrected chi connectivity index (χ4v) is 1.89.